The highest BCUT2D eigenvalue weighted by atomic mass is 32.2. The lowest BCUT2D eigenvalue weighted by molar-refractivity contribution is -0.274. The number of amides is 4. The standard InChI is InChI=1S/C44H48F3N7O9S/c45-44(46,47)63-29-18-16-26(17-19-29)35-23-37(54-38(48-35)32-13-8-9-14-33(32)51-54)61-30-22-36-39(55)50-43(41(57)52-64(59,60)31-20-21-31)24-27(43)10-4-2-1-3-5-15-34(40(56)53(36)25-30)49-42(58)62-28-11-6-7-12-28/h4,8-10,13-14,16-19,23,27-28,30-31,34,36H,1-3,5-7,11-12,15,20-22,24-25H2,(H,49,58)(H,50,55)(H,52,57)/b10-4-/t27-,30-,34-,36+,43-/m1/s1. The lowest BCUT2D eigenvalue weighted by Crippen LogP contribution is -2.58. The van der Waals surface area contributed by atoms with Crippen LogP contribution in [0.2, 0.25) is 0 Å². The molecule has 340 valence electrons. The first kappa shape index (κ1) is 43.3. The summed E-state index contributed by atoms with van der Waals surface area (Å²) in [6.45, 7) is -0.144. The lowest BCUT2D eigenvalue weighted by Gasteiger charge is -2.30. The molecule has 5 atom stereocenters. The van der Waals surface area contributed by atoms with Crippen LogP contribution in [-0.2, 0) is 29.1 Å². The average Bonchev–Trinajstić information content (AvgIpc) is 4.06. The average molecular weight is 908 g/mol. The molecule has 0 unspecified atom stereocenters. The van der Waals surface area contributed by atoms with E-state index < -0.39 is 80.8 Å². The summed E-state index contributed by atoms with van der Waals surface area (Å²) in [5.41, 5.74) is 0.0965. The molecule has 20 heteroatoms. The van der Waals surface area contributed by atoms with Crippen molar-refractivity contribution >= 4 is 50.4 Å². The van der Waals surface area contributed by atoms with Crippen molar-refractivity contribution in [3.8, 4) is 22.9 Å². The van der Waals surface area contributed by atoms with Crippen molar-refractivity contribution in [2.24, 2.45) is 5.92 Å². The lowest BCUT2D eigenvalue weighted by atomic mass is 10.0. The molecule has 3 N–H and O–H groups in total. The van der Waals surface area contributed by atoms with Gasteiger partial charge in [-0.15, -0.1) is 13.2 Å². The SMILES string of the molecule is O=C(N[C@@H]1CCCCC/C=C\[C@@H]2C[C@@]2(C(=O)NS(=O)(=O)C2CC2)NC(=O)[C@@H]2C[C@@H](Oc3cc(-c4ccc(OC(F)(F)F)cc4)nc4c5ccccc5nn34)CN2C1=O)OC1CCCC1. The van der Waals surface area contributed by atoms with Gasteiger partial charge in [0, 0.05) is 29.4 Å². The number of hydrogen-bond donors (Lipinski definition) is 3. The third-order valence-corrected chi connectivity index (χ3v) is 14.4. The zero-order valence-electron chi connectivity index (χ0n) is 34.7. The van der Waals surface area contributed by atoms with Gasteiger partial charge in [0.05, 0.1) is 23.0 Å². The van der Waals surface area contributed by atoms with Crippen molar-refractivity contribution in [1.29, 1.82) is 0 Å². The zero-order valence-corrected chi connectivity index (χ0v) is 35.5. The number of halogens is 3. The monoisotopic (exact) mass is 907 g/mol. The van der Waals surface area contributed by atoms with Crippen LogP contribution in [0.1, 0.15) is 83.5 Å². The van der Waals surface area contributed by atoms with Gasteiger partial charge in [-0.3, -0.25) is 19.1 Å². The number of fused-ring (bicyclic) bond motifs is 5. The number of rotatable bonds is 9. The van der Waals surface area contributed by atoms with Crippen LogP contribution in [0.15, 0.2) is 66.7 Å². The number of alkyl carbamates (subject to hydrolysis) is 1. The van der Waals surface area contributed by atoms with E-state index in [1.165, 1.54) is 33.7 Å². The predicted octanol–water partition coefficient (Wildman–Crippen LogP) is 5.84. The molecule has 2 aromatic heterocycles. The van der Waals surface area contributed by atoms with Gasteiger partial charge in [-0.25, -0.2) is 18.2 Å². The fraction of sp³-hybridized carbons (Fsp3) is 0.500. The van der Waals surface area contributed by atoms with Crippen LogP contribution in [0.4, 0.5) is 18.0 Å². The summed E-state index contributed by atoms with van der Waals surface area (Å²) in [6.07, 6.45) is 4.14. The number of sulfonamides is 1. The fourth-order valence-corrected chi connectivity index (χ4v) is 10.4. The van der Waals surface area contributed by atoms with E-state index in [0.29, 0.717) is 59.9 Å². The highest BCUT2D eigenvalue weighted by Crippen LogP contribution is 2.46. The van der Waals surface area contributed by atoms with E-state index in [9.17, 15) is 40.8 Å². The second kappa shape index (κ2) is 17.2. The van der Waals surface area contributed by atoms with Crippen LogP contribution >= 0.6 is 0 Å². The molecule has 0 radical (unpaired) electrons. The Morgan fingerprint density at radius 2 is 1.67 bits per heavy atom. The molecule has 16 nitrogen and oxygen atoms in total. The Kier molecular flexibility index (Phi) is 11.7. The Balaban J connectivity index is 1.05. The van der Waals surface area contributed by atoms with Crippen molar-refractivity contribution in [2.75, 3.05) is 6.54 Å². The Morgan fingerprint density at radius 3 is 2.42 bits per heavy atom. The quantitative estimate of drug-likeness (QED) is 0.171. The molecule has 0 bridgehead atoms. The normalized spacial score (nSPS) is 26.3. The van der Waals surface area contributed by atoms with Crippen LogP contribution in [0.25, 0.3) is 27.8 Å². The largest absolute Gasteiger partial charge is 0.573 e. The molecule has 64 heavy (non-hydrogen) atoms. The number of alkyl halides is 3. The second-order valence-electron chi connectivity index (χ2n) is 17.3. The topological polar surface area (TPSA) is 200 Å². The summed E-state index contributed by atoms with van der Waals surface area (Å²) in [7, 11) is -3.97. The van der Waals surface area contributed by atoms with Gasteiger partial charge in [-0.05, 0) is 101 Å². The zero-order chi connectivity index (χ0) is 44.8. The summed E-state index contributed by atoms with van der Waals surface area (Å²) >= 11 is 0. The molecular formula is C44H48F3N7O9S. The number of carbonyl (C=O) groups excluding carboxylic acids is 4. The van der Waals surface area contributed by atoms with Crippen LogP contribution in [0, 0.1) is 5.92 Å². The third-order valence-electron chi connectivity index (χ3n) is 12.6. The highest BCUT2D eigenvalue weighted by molar-refractivity contribution is 7.91. The molecule has 4 amide bonds. The summed E-state index contributed by atoms with van der Waals surface area (Å²) in [6, 6.07) is 11.6. The van der Waals surface area contributed by atoms with Gasteiger partial charge < -0.3 is 29.7 Å². The van der Waals surface area contributed by atoms with Gasteiger partial charge in [0.15, 0.2) is 5.65 Å². The minimum absolute atomic E-state index is 0.0845. The molecule has 9 rings (SSSR count). The Bertz CT molecular complexity index is 2600. The molecule has 3 saturated carbocycles. The molecule has 2 aliphatic heterocycles. The summed E-state index contributed by atoms with van der Waals surface area (Å²) in [5, 5.41) is 10.3. The number of allylic oxidation sites excluding steroid dienone is 1. The Morgan fingerprint density at radius 1 is 0.922 bits per heavy atom. The number of aromatic nitrogens is 3. The first-order valence-corrected chi connectivity index (χ1v) is 23.3. The molecule has 4 heterocycles. The predicted molar refractivity (Wildman–Crippen MR) is 224 cm³/mol. The molecule has 3 aliphatic carbocycles. The van der Waals surface area contributed by atoms with Gasteiger partial charge in [-0.1, -0.05) is 37.1 Å². The molecule has 5 aliphatic rings. The van der Waals surface area contributed by atoms with E-state index in [1.807, 2.05) is 12.2 Å². The van der Waals surface area contributed by atoms with Crippen LogP contribution in [0.5, 0.6) is 11.6 Å². The maximum Gasteiger partial charge on any atom is 0.573 e. The van der Waals surface area contributed by atoms with E-state index in [1.54, 1.807) is 30.3 Å². The van der Waals surface area contributed by atoms with Gasteiger partial charge >= 0.3 is 12.5 Å². The Hall–Kier alpha value is -5.92. The van der Waals surface area contributed by atoms with Crippen molar-refractivity contribution in [2.45, 2.75) is 125 Å². The first-order chi connectivity index (χ1) is 30.7. The summed E-state index contributed by atoms with van der Waals surface area (Å²) in [5.74, 6) is -2.88. The van der Waals surface area contributed by atoms with E-state index in [4.69, 9.17) is 19.6 Å². The number of benzene rings is 2. The van der Waals surface area contributed by atoms with Crippen LogP contribution in [-0.4, -0.2) is 99.7 Å². The number of hydrogen-bond acceptors (Lipinski definition) is 11. The van der Waals surface area contributed by atoms with Crippen LogP contribution in [0.3, 0.4) is 0 Å². The van der Waals surface area contributed by atoms with Gasteiger partial charge in [-0.2, -0.15) is 9.61 Å². The van der Waals surface area contributed by atoms with E-state index in [0.717, 1.165) is 32.1 Å². The summed E-state index contributed by atoms with van der Waals surface area (Å²) < 4.78 is 84.9. The minimum atomic E-state index is -4.88. The maximum atomic E-state index is 14.8. The molecule has 2 aromatic carbocycles. The maximum absolute atomic E-state index is 14.8. The minimum Gasteiger partial charge on any atom is -0.472 e. The number of nitrogens with zero attached hydrogens (tertiary/aromatic N) is 4. The first-order valence-electron chi connectivity index (χ1n) is 21.8. The van der Waals surface area contributed by atoms with Crippen molar-refractivity contribution in [3.63, 3.8) is 0 Å². The third kappa shape index (κ3) is 9.32. The molecule has 4 aromatic rings. The number of carbonyl (C=O) groups is 4. The fourth-order valence-electron chi connectivity index (χ4n) is 9.02. The second-order valence-corrected chi connectivity index (χ2v) is 19.3. The Labute approximate surface area is 366 Å². The molecule has 0 spiro atoms. The molecule has 4 fully saturated rings. The van der Waals surface area contributed by atoms with Crippen molar-refractivity contribution in [1.82, 2.24) is 34.9 Å². The van der Waals surface area contributed by atoms with Gasteiger partial charge in [0.1, 0.15) is 35.6 Å². The smallest absolute Gasteiger partial charge is 0.472 e. The summed E-state index contributed by atoms with van der Waals surface area (Å²) in [4.78, 5) is 62.7. The van der Waals surface area contributed by atoms with Crippen LogP contribution < -0.4 is 24.8 Å². The molecular weight excluding hydrogens is 860 g/mol. The van der Waals surface area contributed by atoms with Gasteiger partial charge in [0.2, 0.25) is 27.7 Å². The van der Waals surface area contributed by atoms with E-state index in [-0.39, 0.29) is 37.8 Å². The molecule has 1 saturated heterocycles. The van der Waals surface area contributed by atoms with Crippen molar-refractivity contribution in [3.05, 3.63) is 66.7 Å². The van der Waals surface area contributed by atoms with E-state index in [2.05, 4.69) is 20.1 Å². The van der Waals surface area contributed by atoms with Crippen molar-refractivity contribution < 1.29 is 55.0 Å². The highest BCUT2D eigenvalue weighted by Gasteiger charge is 2.62. The van der Waals surface area contributed by atoms with Gasteiger partial charge in [0.25, 0.3) is 5.91 Å². The number of nitrogens with one attached hydrogen (secondary N) is 3. The van der Waals surface area contributed by atoms with E-state index >= 15 is 0 Å². The number of ether oxygens (including phenoxy) is 3.